The van der Waals surface area contributed by atoms with Gasteiger partial charge in [0.05, 0.1) is 11.9 Å². The summed E-state index contributed by atoms with van der Waals surface area (Å²) in [7, 11) is 0. The van der Waals surface area contributed by atoms with E-state index in [9.17, 15) is 0 Å². The minimum absolute atomic E-state index is 0.533. The molecule has 1 aromatic heterocycles. The molecule has 0 saturated carbocycles. The van der Waals surface area contributed by atoms with Gasteiger partial charge in [-0.1, -0.05) is 6.07 Å². The molecule has 0 amide bonds. The van der Waals surface area contributed by atoms with Gasteiger partial charge in [-0.15, -0.1) is 11.8 Å². The van der Waals surface area contributed by atoms with Crippen LogP contribution in [-0.4, -0.2) is 16.0 Å². The molecular weight excluding hydrogens is 218 g/mol. The monoisotopic (exact) mass is 233 g/mol. The molecule has 0 atom stereocenters. The fourth-order valence-corrected chi connectivity index (χ4v) is 2.36. The number of thioether (sulfide) groups is 1. The molecule has 0 spiro atoms. The lowest BCUT2D eigenvalue weighted by Crippen LogP contribution is -2.06. The molecule has 16 heavy (non-hydrogen) atoms. The third-order valence-corrected chi connectivity index (χ3v) is 3.31. The lowest BCUT2D eigenvalue weighted by atomic mass is 10.2. The number of aromatic nitrogens is 2. The minimum atomic E-state index is 0.533. The first-order chi connectivity index (χ1) is 7.76. The Morgan fingerprint density at radius 3 is 2.81 bits per heavy atom. The first kappa shape index (κ1) is 11.2. The van der Waals surface area contributed by atoms with Crippen LogP contribution in [0.4, 0.5) is 0 Å². The van der Waals surface area contributed by atoms with Crippen LogP contribution in [0.15, 0.2) is 35.5 Å². The maximum Gasteiger partial charge on any atom is 0.0701 e. The van der Waals surface area contributed by atoms with Crippen molar-refractivity contribution in [2.24, 2.45) is 5.73 Å². The quantitative estimate of drug-likeness (QED) is 0.828. The highest BCUT2D eigenvalue weighted by Gasteiger charge is 2.08. The molecule has 2 rings (SSSR count). The topological polar surface area (TPSA) is 43.8 Å². The third-order valence-electron chi connectivity index (χ3n) is 2.49. The van der Waals surface area contributed by atoms with E-state index in [4.69, 9.17) is 5.73 Å². The molecule has 0 radical (unpaired) electrons. The minimum Gasteiger partial charge on any atom is -0.326 e. The van der Waals surface area contributed by atoms with E-state index in [0.29, 0.717) is 6.54 Å². The van der Waals surface area contributed by atoms with Crippen molar-refractivity contribution in [3.63, 3.8) is 0 Å². The molecule has 3 nitrogen and oxygen atoms in total. The van der Waals surface area contributed by atoms with Gasteiger partial charge in [-0.3, -0.25) is 0 Å². The lowest BCUT2D eigenvalue weighted by Gasteiger charge is -2.11. The molecule has 0 saturated heterocycles. The summed E-state index contributed by atoms with van der Waals surface area (Å²) in [5, 5.41) is 4.32. The highest BCUT2D eigenvalue weighted by atomic mass is 32.2. The predicted octanol–water partition coefficient (Wildman–Crippen LogP) is 2.36. The van der Waals surface area contributed by atoms with Gasteiger partial charge in [-0.2, -0.15) is 5.10 Å². The Bertz CT molecular complexity index is 491. The summed E-state index contributed by atoms with van der Waals surface area (Å²) in [5.74, 6) is 0. The van der Waals surface area contributed by atoms with E-state index in [-0.39, 0.29) is 0 Å². The molecule has 0 unspecified atom stereocenters. The zero-order valence-electron chi connectivity index (χ0n) is 9.47. The molecule has 4 heteroatoms. The van der Waals surface area contributed by atoms with E-state index in [1.807, 2.05) is 36.1 Å². The molecule has 1 heterocycles. The summed E-state index contributed by atoms with van der Waals surface area (Å²) in [5.41, 5.74) is 9.19. The zero-order valence-corrected chi connectivity index (χ0v) is 10.3. The Morgan fingerprint density at radius 2 is 2.25 bits per heavy atom. The van der Waals surface area contributed by atoms with Crippen molar-refractivity contribution >= 4 is 11.8 Å². The number of nitrogens with zero attached hydrogens (tertiary/aromatic N) is 2. The molecule has 1 aromatic carbocycles. The van der Waals surface area contributed by atoms with Crippen LogP contribution in [0.25, 0.3) is 5.69 Å². The van der Waals surface area contributed by atoms with Crippen molar-refractivity contribution in [3.8, 4) is 5.69 Å². The SMILES string of the molecule is CSc1cccc(-n2cc(C)cn2)c1CN. The van der Waals surface area contributed by atoms with Crippen molar-refractivity contribution in [1.82, 2.24) is 9.78 Å². The van der Waals surface area contributed by atoms with Crippen LogP contribution in [0.1, 0.15) is 11.1 Å². The van der Waals surface area contributed by atoms with E-state index in [1.165, 1.54) is 4.90 Å². The van der Waals surface area contributed by atoms with Crippen LogP contribution < -0.4 is 5.73 Å². The van der Waals surface area contributed by atoms with Crippen LogP contribution in [0.5, 0.6) is 0 Å². The normalized spacial score (nSPS) is 10.7. The van der Waals surface area contributed by atoms with E-state index in [1.54, 1.807) is 11.8 Å². The van der Waals surface area contributed by atoms with Crippen LogP contribution >= 0.6 is 11.8 Å². The van der Waals surface area contributed by atoms with Gasteiger partial charge in [-0.05, 0) is 30.9 Å². The van der Waals surface area contributed by atoms with Crippen molar-refractivity contribution in [1.29, 1.82) is 0 Å². The lowest BCUT2D eigenvalue weighted by molar-refractivity contribution is 0.848. The van der Waals surface area contributed by atoms with E-state index in [2.05, 4.69) is 17.4 Å². The Kier molecular flexibility index (Phi) is 3.31. The number of rotatable bonds is 3. The summed E-state index contributed by atoms with van der Waals surface area (Å²) in [6.45, 7) is 2.56. The zero-order chi connectivity index (χ0) is 11.5. The molecule has 2 aromatic rings. The summed E-state index contributed by atoms with van der Waals surface area (Å²) in [6, 6.07) is 6.18. The first-order valence-electron chi connectivity index (χ1n) is 5.14. The van der Waals surface area contributed by atoms with Crippen molar-refractivity contribution in [3.05, 3.63) is 41.7 Å². The molecule has 84 valence electrons. The summed E-state index contributed by atoms with van der Waals surface area (Å²) in [6.07, 6.45) is 5.93. The fourth-order valence-electron chi connectivity index (χ4n) is 1.71. The second kappa shape index (κ2) is 4.72. The van der Waals surface area contributed by atoms with Gasteiger partial charge < -0.3 is 5.73 Å². The summed E-state index contributed by atoms with van der Waals surface area (Å²) >= 11 is 1.71. The standard InChI is InChI=1S/C12H15N3S/c1-9-7-14-15(8-9)11-4-3-5-12(16-2)10(11)6-13/h3-5,7-8H,6,13H2,1-2H3. The third kappa shape index (κ3) is 1.99. The van der Waals surface area contributed by atoms with Gasteiger partial charge in [0.25, 0.3) is 0 Å². The Morgan fingerprint density at radius 1 is 1.44 bits per heavy atom. The number of nitrogens with two attached hydrogens (primary N) is 1. The molecule has 0 aliphatic rings. The van der Waals surface area contributed by atoms with Crippen LogP contribution in [-0.2, 0) is 6.54 Å². The molecular formula is C12H15N3S. The second-order valence-electron chi connectivity index (χ2n) is 3.62. The van der Waals surface area contributed by atoms with E-state index in [0.717, 1.165) is 16.8 Å². The highest BCUT2D eigenvalue weighted by molar-refractivity contribution is 7.98. The Hall–Kier alpha value is -1.26. The predicted molar refractivity (Wildman–Crippen MR) is 68.0 cm³/mol. The molecule has 2 N–H and O–H groups in total. The average molecular weight is 233 g/mol. The van der Waals surface area contributed by atoms with Gasteiger partial charge in [0.2, 0.25) is 0 Å². The Balaban J connectivity index is 2.56. The maximum absolute atomic E-state index is 5.82. The number of hydrogen-bond donors (Lipinski definition) is 1. The van der Waals surface area contributed by atoms with Crippen LogP contribution in [0.2, 0.25) is 0 Å². The van der Waals surface area contributed by atoms with Gasteiger partial charge in [0.15, 0.2) is 0 Å². The summed E-state index contributed by atoms with van der Waals surface area (Å²) < 4.78 is 1.89. The van der Waals surface area contributed by atoms with Gasteiger partial charge in [0.1, 0.15) is 0 Å². The van der Waals surface area contributed by atoms with Crippen LogP contribution in [0, 0.1) is 6.92 Å². The van der Waals surface area contributed by atoms with E-state index < -0.39 is 0 Å². The van der Waals surface area contributed by atoms with Gasteiger partial charge in [-0.25, -0.2) is 4.68 Å². The molecule has 0 aliphatic carbocycles. The molecule has 0 fully saturated rings. The largest absolute Gasteiger partial charge is 0.326 e. The van der Waals surface area contributed by atoms with Gasteiger partial charge in [0, 0.05) is 23.2 Å². The fraction of sp³-hybridized carbons (Fsp3) is 0.250. The summed E-state index contributed by atoms with van der Waals surface area (Å²) in [4.78, 5) is 1.22. The number of aryl methyl sites for hydroxylation is 1. The average Bonchev–Trinajstić information content (AvgIpc) is 2.74. The van der Waals surface area contributed by atoms with Gasteiger partial charge >= 0.3 is 0 Å². The number of benzene rings is 1. The number of hydrogen-bond acceptors (Lipinski definition) is 3. The van der Waals surface area contributed by atoms with Crippen molar-refractivity contribution < 1.29 is 0 Å². The molecule has 0 aliphatic heterocycles. The van der Waals surface area contributed by atoms with Crippen LogP contribution in [0.3, 0.4) is 0 Å². The van der Waals surface area contributed by atoms with E-state index >= 15 is 0 Å². The second-order valence-corrected chi connectivity index (χ2v) is 4.47. The van der Waals surface area contributed by atoms with Crippen molar-refractivity contribution in [2.45, 2.75) is 18.4 Å². The van der Waals surface area contributed by atoms with Crippen molar-refractivity contribution in [2.75, 3.05) is 6.26 Å². The highest BCUT2D eigenvalue weighted by Crippen LogP contribution is 2.25. The smallest absolute Gasteiger partial charge is 0.0701 e. The Labute approximate surface area is 99.7 Å². The maximum atomic E-state index is 5.82. The molecule has 0 bridgehead atoms. The first-order valence-corrected chi connectivity index (χ1v) is 6.36.